The Morgan fingerprint density at radius 2 is 1.65 bits per heavy atom. The van der Waals surface area contributed by atoms with Crippen LogP contribution in [0.4, 0.5) is 0 Å². The SMILES string of the molecule is CCCC(O)(CCC)CNC(=NCc1ccc(S(=O)(=O)N2CCCC2)cc1)NCC.I. The van der Waals surface area contributed by atoms with Gasteiger partial charge in [0.15, 0.2) is 5.96 Å². The van der Waals surface area contributed by atoms with E-state index in [1.54, 1.807) is 16.4 Å². The molecule has 1 aliphatic heterocycles. The molecule has 1 aliphatic rings. The summed E-state index contributed by atoms with van der Waals surface area (Å²) in [6.07, 6.45) is 5.22. The van der Waals surface area contributed by atoms with Gasteiger partial charge >= 0.3 is 0 Å². The van der Waals surface area contributed by atoms with Crippen LogP contribution < -0.4 is 10.6 Å². The van der Waals surface area contributed by atoms with E-state index >= 15 is 0 Å². The van der Waals surface area contributed by atoms with E-state index in [1.807, 2.05) is 19.1 Å². The highest BCUT2D eigenvalue weighted by molar-refractivity contribution is 14.0. The molecule has 9 heteroatoms. The van der Waals surface area contributed by atoms with Gasteiger partial charge in [0.1, 0.15) is 0 Å². The van der Waals surface area contributed by atoms with E-state index in [-0.39, 0.29) is 24.0 Å². The lowest BCUT2D eigenvalue weighted by Crippen LogP contribution is -2.47. The predicted octanol–water partition coefficient (Wildman–Crippen LogP) is 3.48. The number of rotatable bonds is 11. The largest absolute Gasteiger partial charge is 0.388 e. The highest BCUT2D eigenvalue weighted by atomic mass is 127. The molecule has 0 aliphatic carbocycles. The Labute approximate surface area is 205 Å². The molecule has 1 aromatic rings. The molecule has 1 fully saturated rings. The second-order valence-electron chi connectivity index (χ2n) is 8.03. The van der Waals surface area contributed by atoms with Crippen molar-refractivity contribution >= 4 is 40.0 Å². The van der Waals surface area contributed by atoms with Crippen LogP contribution in [-0.2, 0) is 16.6 Å². The minimum Gasteiger partial charge on any atom is -0.388 e. The number of nitrogens with one attached hydrogen (secondary N) is 2. The van der Waals surface area contributed by atoms with Crippen LogP contribution in [0.5, 0.6) is 0 Å². The number of nitrogens with zero attached hydrogens (tertiary/aromatic N) is 2. The minimum atomic E-state index is -3.39. The van der Waals surface area contributed by atoms with E-state index in [9.17, 15) is 13.5 Å². The first kappa shape index (κ1) is 28.1. The molecule has 3 N–H and O–H groups in total. The molecule has 0 atom stereocenters. The summed E-state index contributed by atoms with van der Waals surface area (Å²) in [6, 6.07) is 6.97. The molecule has 31 heavy (non-hydrogen) atoms. The lowest BCUT2D eigenvalue weighted by Gasteiger charge is -2.28. The van der Waals surface area contributed by atoms with E-state index in [2.05, 4.69) is 29.5 Å². The summed E-state index contributed by atoms with van der Waals surface area (Å²) in [7, 11) is -3.39. The van der Waals surface area contributed by atoms with Gasteiger partial charge in [-0.1, -0.05) is 38.8 Å². The summed E-state index contributed by atoms with van der Waals surface area (Å²) < 4.78 is 26.8. The Bertz CT molecular complexity index is 772. The maximum atomic E-state index is 12.6. The minimum absolute atomic E-state index is 0. The van der Waals surface area contributed by atoms with Crippen molar-refractivity contribution in [1.29, 1.82) is 0 Å². The lowest BCUT2D eigenvalue weighted by molar-refractivity contribution is 0.0257. The van der Waals surface area contributed by atoms with Crippen LogP contribution in [0.25, 0.3) is 0 Å². The fraction of sp³-hybridized carbons (Fsp3) is 0.682. The molecular weight excluding hydrogens is 527 g/mol. The highest BCUT2D eigenvalue weighted by Gasteiger charge is 2.27. The number of hydrogen-bond acceptors (Lipinski definition) is 4. The quantitative estimate of drug-likeness (QED) is 0.217. The molecule has 0 saturated carbocycles. The van der Waals surface area contributed by atoms with Crippen molar-refractivity contribution in [2.24, 2.45) is 4.99 Å². The van der Waals surface area contributed by atoms with Crippen molar-refractivity contribution < 1.29 is 13.5 Å². The van der Waals surface area contributed by atoms with Gasteiger partial charge < -0.3 is 15.7 Å². The number of hydrogen-bond donors (Lipinski definition) is 3. The summed E-state index contributed by atoms with van der Waals surface area (Å²) in [5, 5.41) is 17.3. The van der Waals surface area contributed by atoms with Crippen LogP contribution in [-0.4, -0.2) is 55.6 Å². The molecule has 0 amide bonds. The molecule has 7 nitrogen and oxygen atoms in total. The number of guanidine groups is 1. The number of benzene rings is 1. The predicted molar refractivity (Wildman–Crippen MR) is 137 cm³/mol. The third kappa shape index (κ3) is 8.51. The number of aliphatic imine (C=N–C) groups is 1. The van der Waals surface area contributed by atoms with Crippen LogP contribution in [0, 0.1) is 0 Å². The fourth-order valence-corrected chi connectivity index (χ4v) is 5.35. The van der Waals surface area contributed by atoms with Gasteiger partial charge in [0.05, 0.1) is 17.0 Å². The Morgan fingerprint density at radius 3 is 2.16 bits per heavy atom. The van der Waals surface area contributed by atoms with Crippen LogP contribution in [0.3, 0.4) is 0 Å². The Balaban J connectivity index is 0.00000480. The van der Waals surface area contributed by atoms with E-state index < -0.39 is 15.6 Å². The first-order valence-electron chi connectivity index (χ1n) is 11.2. The molecule has 0 unspecified atom stereocenters. The summed E-state index contributed by atoms with van der Waals surface area (Å²) in [5.74, 6) is 0.650. The Hall–Kier alpha value is -0.910. The molecule has 0 bridgehead atoms. The maximum absolute atomic E-state index is 12.6. The van der Waals surface area contributed by atoms with Gasteiger partial charge in [0.25, 0.3) is 0 Å². The lowest BCUT2D eigenvalue weighted by atomic mass is 9.93. The van der Waals surface area contributed by atoms with E-state index in [1.165, 1.54) is 0 Å². The van der Waals surface area contributed by atoms with E-state index in [0.717, 1.165) is 50.6 Å². The second kappa shape index (κ2) is 13.6. The monoisotopic (exact) mass is 566 g/mol. The number of sulfonamides is 1. The van der Waals surface area contributed by atoms with Crippen LogP contribution in [0.2, 0.25) is 0 Å². The third-order valence-electron chi connectivity index (χ3n) is 5.41. The van der Waals surface area contributed by atoms with Crippen LogP contribution >= 0.6 is 24.0 Å². The number of aliphatic hydroxyl groups is 1. The van der Waals surface area contributed by atoms with Crippen LogP contribution in [0.1, 0.15) is 64.9 Å². The number of halogens is 1. The van der Waals surface area contributed by atoms with Crippen molar-refractivity contribution in [2.75, 3.05) is 26.2 Å². The van der Waals surface area contributed by atoms with Crippen molar-refractivity contribution in [3.63, 3.8) is 0 Å². The first-order valence-corrected chi connectivity index (χ1v) is 12.6. The average Bonchev–Trinajstić information content (AvgIpc) is 3.27. The van der Waals surface area contributed by atoms with Crippen molar-refractivity contribution in [3.8, 4) is 0 Å². The normalized spacial score (nSPS) is 15.5. The molecular formula is C22H39IN4O3S. The van der Waals surface area contributed by atoms with Gasteiger partial charge in [0.2, 0.25) is 10.0 Å². The topological polar surface area (TPSA) is 94.0 Å². The molecule has 0 spiro atoms. The standard InChI is InChI=1S/C22H38N4O3S.HI/c1-4-13-22(27,14-5-2)18-25-21(23-6-3)24-17-19-9-11-20(12-10-19)30(28,29)26-15-7-8-16-26;/h9-12,27H,4-8,13-18H2,1-3H3,(H2,23,24,25);1H. The van der Waals surface area contributed by atoms with Gasteiger partial charge in [-0.25, -0.2) is 13.4 Å². The molecule has 1 saturated heterocycles. The average molecular weight is 567 g/mol. The molecule has 2 rings (SSSR count). The van der Waals surface area contributed by atoms with Gasteiger partial charge in [-0.2, -0.15) is 4.31 Å². The first-order chi connectivity index (χ1) is 14.3. The summed E-state index contributed by atoms with van der Waals surface area (Å²) >= 11 is 0. The van der Waals surface area contributed by atoms with E-state index in [0.29, 0.717) is 37.0 Å². The summed E-state index contributed by atoms with van der Waals surface area (Å²) in [5.41, 5.74) is 0.204. The zero-order valence-electron chi connectivity index (χ0n) is 19.1. The van der Waals surface area contributed by atoms with Gasteiger partial charge in [0, 0.05) is 26.2 Å². The molecule has 0 aromatic heterocycles. The van der Waals surface area contributed by atoms with Crippen molar-refractivity contribution in [3.05, 3.63) is 29.8 Å². The zero-order valence-corrected chi connectivity index (χ0v) is 22.2. The maximum Gasteiger partial charge on any atom is 0.243 e. The fourth-order valence-electron chi connectivity index (χ4n) is 3.84. The molecule has 1 heterocycles. The smallest absolute Gasteiger partial charge is 0.243 e. The van der Waals surface area contributed by atoms with Gasteiger partial charge in [-0.15, -0.1) is 24.0 Å². The summed E-state index contributed by atoms with van der Waals surface area (Å²) in [6.45, 7) is 8.97. The highest BCUT2D eigenvalue weighted by Crippen LogP contribution is 2.21. The van der Waals surface area contributed by atoms with Gasteiger partial charge in [-0.3, -0.25) is 0 Å². The summed E-state index contributed by atoms with van der Waals surface area (Å²) in [4.78, 5) is 4.94. The van der Waals surface area contributed by atoms with Crippen molar-refractivity contribution in [2.45, 2.75) is 76.3 Å². The van der Waals surface area contributed by atoms with Crippen molar-refractivity contribution in [1.82, 2.24) is 14.9 Å². The Morgan fingerprint density at radius 1 is 1.06 bits per heavy atom. The van der Waals surface area contributed by atoms with Gasteiger partial charge in [-0.05, 0) is 50.3 Å². The van der Waals surface area contributed by atoms with Crippen LogP contribution in [0.15, 0.2) is 34.2 Å². The Kier molecular flexibility index (Phi) is 12.3. The zero-order chi connectivity index (χ0) is 22.0. The molecule has 178 valence electrons. The molecule has 0 radical (unpaired) electrons. The third-order valence-corrected chi connectivity index (χ3v) is 7.32. The molecule has 1 aromatic carbocycles. The van der Waals surface area contributed by atoms with E-state index in [4.69, 9.17) is 0 Å². The second-order valence-corrected chi connectivity index (χ2v) is 9.97.